The average Bonchev–Trinajstić information content (AvgIpc) is 1.26. The maximum absolute atomic E-state index is 10.7. The lowest BCUT2D eigenvalue weighted by Crippen LogP contribution is -2.10. The molecule has 0 aliphatic heterocycles. The van der Waals surface area contributed by atoms with Gasteiger partial charge in [-0.2, -0.15) is 0 Å². The monoisotopic (exact) mass is 3020 g/mol. The zero-order valence-corrected chi connectivity index (χ0v) is 140. The normalized spacial score (nSPS) is 13.9. The Labute approximate surface area is 870 Å². The van der Waals surface area contributed by atoms with Crippen molar-refractivity contribution < 1.29 is 10.2 Å². The minimum atomic E-state index is -0.387. The molecule has 4 aromatic heterocycles. The van der Waals surface area contributed by atoms with E-state index in [0.29, 0.717) is 62.2 Å². The molecule has 0 spiro atoms. The fourth-order valence-corrected chi connectivity index (χ4v) is 1080. The van der Waals surface area contributed by atoms with E-state index in [9.17, 15) is 10.2 Å². The molecule has 42 unspecified atom stereocenters. The summed E-state index contributed by atoms with van der Waals surface area (Å²) in [5.41, 5.74) is 14.9. The van der Waals surface area contributed by atoms with Gasteiger partial charge in [0.2, 0.25) is 0 Å². The zero-order valence-electron chi connectivity index (χ0n) is 64.9. The molecule has 7 N–H and O–H groups in total. The predicted octanol–water partition coefficient (Wildman–Crippen LogP) is 50.7. The molecule has 13 nitrogen and oxygen atoms in total. The summed E-state index contributed by atoms with van der Waals surface area (Å²) in [6, 6.07) is 25.9. The second-order valence-corrected chi connectivity index (χ2v) is 324. The van der Waals surface area contributed by atoms with Crippen LogP contribution < -0.4 is 5.73 Å². The summed E-state index contributed by atoms with van der Waals surface area (Å²) in [6.45, 7) is 0.642. The Morgan fingerprint density at radius 2 is 0.584 bits per heavy atom. The number of imidazole rings is 2. The van der Waals surface area contributed by atoms with Crippen LogP contribution in [0.3, 0.4) is 0 Å². The molecule has 0 aliphatic carbocycles. The van der Waals surface area contributed by atoms with Gasteiger partial charge in [0.1, 0.15) is 29.9 Å². The van der Waals surface area contributed by atoms with Crippen molar-refractivity contribution in [2.45, 2.75) is 21.3 Å². The largest absolute Gasteiger partial charge is 0.504 e. The van der Waals surface area contributed by atoms with Crippen LogP contribution in [-0.4, -0.2) is 55.9 Å². The maximum atomic E-state index is 10.7. The highest BCUT2D eigenvalue weighted by molar-refractivity contribution is 9.57. The van der Waals surface area contributed by atoms with Gasteiger partial charge >= 0.3 is 0 Å². The molecular weight excluding hydrogens is 2920 g/mol. The molecule has 0 fully saturated rings. The molecular formula is C39H108N11O2P73. The highest BCUT2D eigenvalue weighted by Gasteiger charge is 2.64. The fraction of sp³-hybridized carbons (Fsp3) is 0.0769. The molecule has 0 bridgehead atoms. The lowest BCUT2D eigenvalue weighted by atomic mass is 10.1. The van der Waals surface area contributed by atoms with E-state index in [0.717, 1.165) is 35.7 Å². The SMILES string of the molecule is C.Cc1ccc(-c2ncnc(-c3nc4ccc(C(=N)N)cc4[nH]3)c2O)cc1.PPP(P(P)P)P(P(P)P)P(P(P(P(P)P)P(P)P)P(P(P)P)P(P)P)P(P(P(P(P)P)P(P)P)P(P(P)P)P(P)P)P(P(P(P(P)P)P(P)P)P(P(P)P)P(P)P)P(P(P(P)P)P(P)P)P(P(P)P)P(P)P.[C-]#[N+]c1ccc2nc(-c3ncnc(-c4ccc(C)cc4)c3O)[nH]c2c1. The summed E-state index contributed by atoms with van der Waals surface area (Å²) < 4.78 is 0. The minimum absolute atomic E-state index is 0. The fourth-order valence-electron chi connectivity index (χ4n) is 9.83. The van der Waals surface area contributed by atoms with E-state index < -0.39 is 0 Å². The maximum Gasteiger partial charge on any atom is 0.189 e. The van der Waals surface area contributed by atoms with E-state index in [4.69, 9.17) is 17.7 Å². The predicted molar refractivity (Wildman–Crippen MR) is 812 cm³/mol. The number of fused-ring (bicyclic) bond motifs is 2. The number of amidine groups is 1. The van der Waals surface area contributed by atoms with Gasteiger partial charge in [0, 0.05) is 16.7 Å². The number of H-pyrrole nitrogens is 2. The Hall–Kier alpha value is 23.9. The number of nitrogens with zero attached hydrogens (tertiary/aromatic N) is 7. The Morgan fingerprint density at radius 1 is 0.344 bits per heavy atom. The number of aromatic hydroxyl groups is 2. The molecule has 696 valence electrons. The van der Waals surface area contributed by atoms with E-state index in [-0.39, 0.29) is 269 Å². The van der Waals surface area contributed by atoms with E-state index in [2.05, 4.69) is 375 Å². The van der Waals surface area contributed by atoms with Crippen LogP contribution in [0.4, 0.5) is 5.69 Å². The Kier molecular flexibility index (Phi) is 79.3. The quantitative estimate of drug-likeness (QED) is 0.00935. The van der Waals surface area contributed by atoms with Crippen molar-refractivity contribution >= 4 is 616 Å². The lowest BCUT2D eigenvalue weighted by Gasteiger charge is -2.62. The van der Waals surface area contributed by atoms with Crippen LogP contribution in [0.5, 0.6) is 11.5 Å². The highest BCUT2D eigenvalue weighted by atomic mass is 33.6. The molecule has 125 heavy (non-hydrogen) atoms. The van der Waals surface area contributed by atoms with Gasteiger partial charge in [-0.1, -0.05) is 81.1 Å². The van der Waals surface area contributed by atoms with Crippen LogP contribution in [0, 0.1) is 25.8 Å². The van der Waals surface area contributed by atoms with Gasteiger partial charge in [-0.25, -0.2) is 34.7 Å². The van der Waals surface area contributed by atoms with E-state index >= 15 is 0 Å². The summed E-state index contributed by atoms with van der Waals surface area (Å²) in [7, 11) is 136. The summed E-state index contributed by atoms with van der Waals surface area (Å²) in [4.78, 5) is 35.3. The molecule has 0 saturated carbocycles. The van der Waals surface area contributed by atoms with Gasteiger partial charge in [-0.3, -0.25) is 5.41 Å². The second kappa shape index (κ2) is 71.1. The van der Waals surface area contributed by atoms with Crippen LogP contribution in [-0.2, 0) is 0 Å². The molecule has 42 atom stereocenters. The zero-order chi connectivity index (χ0) is 93.6. The third-order valence-corrected chi connectivity index (χ3v) is 528. The highest BCUT2D eigenvalue weighted by Crippen LogP contribution is 3.51. The van der Waals surface area contributed by atoms with E-state index in [1.165, 1.54) is 12.7 Å². The number of benzene rings is 4. The number of aromatic nitrogens is 8. The third kappa shape index (κ3) is 42.0. The first-order valence-electron chi connectivity index (χ1n) is 32.2. The second-order valence-electron chi connectivity index (χ2n) is 23.3. The van der Waals surface area contributed by atoms with Gasteiger partial charge in [-0.15, -0.1) is 330 Å². The smallest absolute Gasteiger partial charge is 0.189 e. The van der Waals surface area contributed by atoms with Gasteiger partial charge in [0.25, 0.3) is 0 Å². The number of hydrogen-bond acceptors (Lipinski definition) is 9. The topological polar surface area (TPSA) is 204 Å². The Balaban J connectivity index is 0.000000421. The molecule has 4 aromatic carbocycles. The van der Waals surface area contributed by atoms with Crippen molar-refractivity contribution in [3.63, 3.8) is 0 Å². The van der Waals surface area contributed by atoms with E-state index in [1.807, 2.05) is 62.4 Å². The average molecular weight is 3020 g/mol. The number of rotatable bonds is 40. The van der Waals surface area contributed by atoms with Gasteiger partial charge in [0.05, 0.1) is 28.6 Å². The Morgan fingerprint density at radius 3 is 0.824 bits per heavy atom. The van der Waals surface area contributed by atoms with Gasteiger partial charge < -0.3 is 25.9 Å². The van der Waals surface area contributed by atoms with E-state index in [1.54, 1.807) is 36.4 Å². The number of aryl methyl sites for hydroxylation is 2. The number of aromatic amines is 2. The van der Waals surface area contributed by atoms with Gasteiger partial charge in [-0.05, 0) is 289 Å². The summed E-state index contributed by atoms with van der Waals surface area (Å²) in [5, 5.41) is 28.9. The van der Waals surface area contributed by atoms with Crippen molar-refractivity contribution in [1.82, 2.24) is 39.9 Å². The molecule has 0 aliphatic rings. The van der Waals surface area contributed by atoms with Crippen molar-refractivity contribution in [2.24, 2.45) is 5.73 Å². The molecule has 0 amide bonds. The van der Waals surface area contributed by atoms with Crippen molar-refractivity contribution in [2.75, 3.05) is 0 Å². The van der Waals surface area contributed by atoms with Crippen molar-refractivity contribution in [1.29, 1.82) is 5.41 Å². The summed E-state index contributed by atoms with van der Waals surface area (Å²) in [6.07, 6.45) is 2.81. The van der Waals surface area contributed by atoms with Crippen LogP contribution in [0.1, 0.15) is 24.1 Å². The lowest BCUT2D eigenvalue weighted by molar-refractivity contribution is 0.473. The first-order valence-corrected chi connectivity index (χ1v) is 165. The molecule has 8 aromatic rings. The molecule has 4 heterocycles. The number of nitrogens with one attached hydrogen (secondary N) is 3. The van der Waals surface area contributed by atoms with Crippen LogP contribution >= 0.6 is 583 Å². The number of nitrogens with two attached hydrogens (primary N) is 1. The van der Waals surface area contributed by atoms with Gasteiger partial charge in [0.15, 0.2) is 40.2 Å². The van der Waals surface area contributed by atoms with Crippen LogP contribution in [0.2, 0.25) is 0 Å². The van der Waals surface area contributed by atoms with Crippen LogP contribution in [0.15, 0.2) is 97.6 Å². The van der Waals surface area contributed by atoms with Crippen LogP contribution in [0.25, 0.3) is 72.5 Å². The van der Waals surface area contributed by atoms with Crippen molar-refractivity contribution in [3.8, 4) is 57.1 Å². The summed E-state index contributed by atoms with van der Waals surface area (Å²) >= 11 is 0. The minimum Gasteiger partial charge on any atom is -0.504 e. The molecule has 8 rings (SSSR count). The molecule has 0 radical (unpaired) electrons. The number of hydrogen-bond donors (Lipinski definition) is 6. The summed E-state index contributed by atoms with van der Waals surface area (Å²) in [5.74, 6) is 0.770. The first kappa shape index (κ1) is 139. The standard InChI is InChI=1S/C19H16N6O.C19H13N5O.CH4.H75P73/c1-10-2-4-11(5-3-10)15-17(26)16(23-9-22-15)19-24-13-7-6-12(18(20)21)8-14(13)25-19;1-11-3-5-12(6-4-11)16-18(25)17(22-10-21-16)19-23-14-8-7-13(20-2)9-15(14)24-19;;1-38-57(39(2)3)66(56(36)37)71(67(58(40(4)5)41(6)7)59(42(8)9)43(10)11)73(70(64(52(28)29)53(30)31)65(54(32)33)55(34)35)72(68(60(44(12)13)45(14)15)61(46(16)17)47(18)19)69(62(48(20)21)49(22)23)63(50(24)25)51(26)27/h2-9,26H,1H3,(H3,20,21)(H,24,25);3-10,25H,1H3,(H,23,24);1H4;38H,1-37H2. The Bertz CT molecular complexity index is 4490. The third-order valence-electron chi connectivity index (χ3n) is 14.5. The molecule has 0 saturated heterocycles. The first-order chi connectivity index (χ1) is 57.9. The number of nitrogen functional groups attached to an aromatic ring is 1. The van der Waals surface area contributed by atoms with Crippen molar-refractivity contribution in [3.05, 3.63) is 126 Å². The molecule has 86 heteroatoms.